The van der Waals surface area contributed by atoms with Gasteiger partial charge >= 0.3 is 6.03 Å². The number of amides is 5. The summed E-state index contributed by atoms with van der Waals surface area (Å²) in [5.74, 6) is -3.56. The molecule has 9 rings (SSSR count). The molecule has 3 fully saturated rings. The van der Waals surface area contributed by atoms with Gasteiger partial charge in [-0.1, -0.05) is 36.7 Å². The number of piperidine rings is 1. The van der Waals surface area contributed by atoms with Crippen LogP contribution in [0.2, 0.25) is 5.02 Å². The Kier molecular flexibility index (Phi) is 11.2. The summed E-state index contributed by atoms with van der Waals surface area (Å²) in [7, 11) is 1.77. The number of fused-ring (bicyclic) bond motifs is 2. The molecule has 6 heterocycles. The third-order valence-electron chi connectivity index (χ3n) is 12.8. The number of aromatic nitrogens is 4. The van der Waals surface area contributed by atoms with Gasteiger partial charge in [0.05, 0.1) is 46.3 Å². The van der Waals surface area contributed by atoms with Crippen LogP contribution in [-0.2, 0) is 17.8 Å². The molecule has 64 heavy (non-hydrogen) atoms. The molecule has 2 atom stereocenters. The van der Waals surface area contributed by atoms with Crippen LogP contribution in [-0.4, -0.2) is 118 Å². The summed E-state index contributed by atoms with van der Waals surface area (Å²) < 4.78 is 47.2. The summed E-state index contributed by atoms with van der Waals surface area (Å²) >= 11 is 6.55. The highest BCUT2D eigenvalue weighted by Gasteiger charge is 2.62. The van der Waals surface area contributed by atoms with Gasteiger partial charge in [0.2, 0.25) is 6.41 Å². The Bertz CT molecular complexity index is 2670. The third-order valence-corrected chi connectivity index (χ3v) is 13.3. The summed E-state index contributed by atoms with van der Waals surface area (Å²) in [5.41, 5.74) is 5.60. The van der Waals surface area contributed by atoms with Gasteiger partial charge in [-0.15, -0.1) is 5.10 Å². The summed E-state index contributed by atoms with van der Waals surface area (Å²) in [6, 6.07) is 13.6. The van der Waals surface area contributed by atoms with Gasteiger partial charge in [0.15, 0.2) is 17.2 Å². The minimum atomic E-state index is -3.15. The fraction of sp³-hybridized carbons (Fsp3) is 0.400. The van der Waals surface area contributed by atoms with Crippen LogP contribution in [0.5, 0.6) is 0 Å². The number of hydrogen-bond acceptors (Lipinski definition) is 10. The predicted molar refractivity (Wildman–Crippen MR) is 235 cm³/mol. The molecule has 3 aromatic heterocycles. The molecule has 1 saturated carbocycles. The van der Waals surface area contributed by atoms with Crippen LogP contribution in [0.25, 0.3) is 16.9 Å². The summed E-state index contributed by atoms with van der Waals surface area (Å²) in [6.07, 6.45) is 4.12. The number of nitrogens with zero attached hydrogens (tertiary/aromatic N) is 8. The number of alkyl halides is 3. The minimum absolute atomic E-state index is 0.123. The Morgan fingerprint density at radius 3 is 2.53 bits per heavy atom. The Balaban J connectivity index is 0.851. The van der Waals surface area contributed by atoms with E-state index in [4.69, 9.17) is 21.7 Å². The first-order chi connectivity index (χ1) is 30.7. The lowest BCUT2D eigenvalue weighted by Crippen LogP contribution is -2.70. The first-order valence-electron chi connectivity index (χ1n) is 21.3. The molecule has 2 aromatic carbocycles. The Morgan fingerprint density at radius 1 is 1.05 bits per heavy atom. The van der Waals surface area contributed by atoms with Crippen molar-refractivity contribution in [1.82, 2.24) is 40.0 Å². The molecule has 0 radical (unpaired) electrons. The highest BCUT2D eigenvalue weighted by atomic mass is 35.5. The highest BCUT2D eigenvalue weighted by molar-refractivity contribution is 6.34. The molecule has 1 spiro atoms. The zero-order chi connectivity index (χ0) is 45.1. The first kappa shape index (κ1) is 43.0. The third kappa shape index (κ3) is 7.65. The average Bonchev–Trinajstić information content (AvgIpc) is 3.58. The van der Waals surface area contributed by atoms with Gasteiger partial charge in [-0.2, -0.15) is 0 Å². The van der Waals surface area contributed by atoms with E-state index in [2.05, 4.69) is 25.8 Å². The van der Waals surface area contributed by atoms with E-state index in [9.17, 15) is 23.6 Å². The number of rotatable bonds is 12. The number of anilines is 4. The van der Waals surface area contributed by atoms with Crippen LogP contribution in [0.3, 0.4) is 0 Å². The molecule has 5 aromatic rings. The van der Waals surface area contributed by atoms with Crippen LogP contribution in [0.4, 0.5) is 40.8 Å². The summed E-state index contributed by atoms with van der Waals surface area (Å²) in [5, 5.41) is 13.0. The molecule has 15 nitrogen and oxygen atoms in total. The van der Waals surface area contributed by atoms with E-state index in [1.807, 2.05) is 48.2 Å². The van der Waals surface area contributed by atoms with E-state index in [1.165, 1.54) is 32.6 Å². The largest absolute Gasteiger partial charge is 0.385 e. The number of carbonyl (C=O) groups is 4. The van der Waals surface area contributed by atoms with Crippen molar-refractivity contribution in [2.24, 2.45) is 5.41 Å². The second-order valence-corrected chi connectivity index (χ2v) is 17.5. The molecule has 3 aliphatic heterocycles. The lowest BCUT2D eigenvalue weighted by atomic mass is 9.69. The van der Waals surface area contributed by atoms with E-state index < -0.39 is 47.9 Å². The monoisotopic (exact) mass is 897 g/mol. The molecule has 2 saturated heterocycles. The van der Waals surface area contributed by atoms with Crippen molar-refractivity contribution in [2.45, 2.75) is 64.2 Å². The zero-order valence-corrected chi connectivity index (χ0v) is 36.3. The molecule has 2 unspecified atom stereocenters. The Hall–Kier alpha value is -6.27. The van der Waals surface area contributed by atoms with Crippen molar-refractivity contribution in [1.29, 1.82) is 0 Å². The Labute approximate surface area is 371 Å². The number of benzene rings is 2. The zero-order valence-electron chi connectivity index (χ0n) is 35.5. The molecular formula is C45H47ClF3N11O4. The Morgan fingerprint density at radius 2 is 1.84 bits per heavy atom. The number of imidazole rings is 1. The van der Waals surface area contributed by atoms with E-state index >= 15 is 8.78 Å². The fourth-order valence-corrected chi connectivity index (χ4v) is 9.48. The van der Waals surface area contributed by atoms with Crippen LogP contribution in [0, 0.1) is 12.3 Å². The molecule has 334 valence electrons. The molecule has 19 heteroatoms. The lowest BCUT2D eigenvalue weighted by molar-refractivity contribution is -0.220. The van der Waals surface area contributed by atoms with E-state index in [0.717, 1.165) is 28.1 Å². The highest BCUT2D eigenvalue weighted by Crippen LogP contribution is 2.51. The number of urea groups is 1. The van der Waals surface area contributed by atoms with E-state index in [1.54, 1.807) is 20.2 Å². The van der Waals surface area contributed by atoms with Crippen molar-refractivity contribution in [3.63, 3.8) is 0 Å². The van der Waals surface area contributed by atoms with Crippen LogP contribution in [0.15, 0.2) is 60.9 Å². The maximum absolute atomic E-state index is 16.1. The number of imide groups is 1. The number of carbonyl (C=O) groups excluding carboxylic acids is 4. The maximum atomic E-state index is 16.1. The molecule has 0 bridgehead atoms. The SMILES string of the molecule is CCCN(C(=O)NC=O)c1cc(C(=O)N2CCC3(CN(Cc4ccc(-c5cccc6c5CCN6c5cc(NC)c6ncc(C(=O)NC7CC7F)n6n5)nc4)C3)C(F)(F)C2)cc(C)c1Cl. The second kappa shape index (κ2) is 16.7. The van der Waals surface area contributed by atoms with Crippen LogP contribution < -0.4 is 25.8 Å². The lowest BCUT2D eigenvalue weighted by Gasteiger charge is -2.57. The van der Waals surface area contributed by atoms with Gasteiger partial charge in [-0.25, -0.2) is 27.5 Å². The van der Waals surface area contributed by atoms with Crippen molar-refractivity contribution in [3.05, 3.63) is 93.9 Å². The van der Waals surface area contributed by atoms with Gasteiger partial charge in [0, 0.05) is 81.8 Å². The minimum Gasteiger partial charge on any atom is -0.385 e. The van der Waals surface area contributed by atoms with E-state index in [-0.39, 0.29) is 61.0 Å². The molecule has 3 N–H and O–H groups in total. The smallest absolute Gasteiger partial charge is 0.328 e. The number of pyridine rings is 1. The molecular weight excluding hydrogens is 851 g/mol. The van der Waals surface area contributed by atoms with Gasteiger partial charge in [-0.3, -0.25) is 34.5 Å². The second-order valence-electron chi connectivity index (χ2n) is 17.1. The number of aryl methyl sites for hydroxylation is 1. The van der Waals surface area contributed by atoms with Gasteiger partial charge in [0.1, 0.15) is 6.17 Å². The predicted octanol–water partition coefficient (Wildman–Crippen LogP) is 6.40. The standard InChI is InChI=1S/C45H47ClF3N11O4/c1-4-12-59(43(64)53-25-61)36-16-28(15-26(2)39(36)46)42(63)57-14-11-44(45(48,49)24-57)22-56(23-44)21-27-8-9-32(51-19-27)29-6-5-7-35-30(29)10-13-58(35)38-18-34(50-3)40-52-20-37(60(40)55-38)41(62)54-33-17-31(33)47/h5-9,15-16,18-20,25,31,33,50H,4,10-14,17,21-24H2,1-3H3,(H,54,62)(H,53,61,64). The molecule has 5 amide bonds. The summed E-state index contributed by atoms with van der Waals surface area (Å²) in [4.78, 5) is 66.1. The molecule has 1 aliphatic carbocycles. The van der Waals surface area contributed by atoms with Crippen molar-refractivity contribution < 1.29 is 32.3 Å². The first-order valence-corrected chi connectivity index (χ1v) is 21.7. The van der Waals surface area contributed by atoms with Crippen molar-refractivity contribution in [2.75, 3.05) is 61.4 Å². The van der Waals surface area contributed by atoms with Crippen LogP contribution >= 0.6 is 11.6 Å². The summed E-state index contributed by atoms with van der Waals surface area (Å²) in [6.45, 7) is 4.55. The van der Waals surface area contributed by atoms with Gasteiger partial charge in [-0.05, 0) is 67.1 Å². The van der Waals surface area contributed by atoms with E-state index in [0.29, 0.717) is 55.1 Å². The number of likely N-dealkylation sites (tertiary alicyclic amines) is 2. The quantitative estimate of drug-likeness (QED) is 0.120. The normalized spacial score (nSPS) is 19.5. The topological polar surface area (TPSA) is 160 Å². The number of nitrogens with one attached hydrogen (secondary N) is 3. The van der Waals surface area contributed by atoms with Gasteiger partial charge < -0.3 is 20.4 Å². The number of hydrogen-bond donors (Lipinski definition) is 3. The maximum Gasteiger partial charge on any atom is 0.328 e. The van der Waals surface area contributed by atoms with Crippen molar-refractivity contribution >= 4 is 64.4 Å². The molecule has 4 aliphatic rings. The van der Waals surface area contributed by atoms with Crippen LogP contribution in [0.1, 0.15) is 63.7 Å². The number of halogens is 4. The average molecular weight is 898 g/mol. The van der Waals surface area contributed by atoms with Gasteiger partial charge in [0.25, 0.3) is 17.7 Å². The fourth-order valence-electron chi connectivity index (χ4n) is 9.27. The van der Waals surface area contributed by atoms with Crippen molar-refractivity contribution in [3.8, 4) is 11.3 Å².